The number of aliphatic imine (C=N–C) groups is 1. The molecule has 0 saturated carbocycles. The zero-order chi connectivity index (χ0) is 17.8. The van der Waals surface area contributed by atoms with E-state index in [0.29, 0.717) is 12.5 Å². The van der Waals surface area contributed by atoms with Crippen molar-refractivity contribution in [2.45, 2.75) is 33.2 Å². The molecule has 0 spiro atoms. The van der Waals surface area contributed by atoms with Gasteiger partial charge in [0.1, 0.15) is 12.4 Å². The third-order valence-corrected chi connectivity index (χ3v) is 4.76. The van der Waals surface area contributed by atoms with E-state index in [1.807, 2.05) is 36.5 Å². The van der Waals surface area contributed by atoms with Gasteiger partial charge in [-0.3, -0.25) is 4.68 Å². The van der Waals surface area contributed by atoms with E-state index in [2.05, 4.69) is 38.6 Å². The maximum Gasteiger partial charge on any atom is 0.194 e. The molecule has 2 aromatic rings. The lowest BCUT2D eigenvalue weighted by atomic mass is 10.0. The van der Waals surface area contributed by atoms with Crippen LogP contribution in [0.3, 0.4) is 0 Å². The lowest BCUT2D eigenvalue weighted by Gasteiger charge is -2.21. The normalized spacial score (nSPS) is 18.2. The number of hydrogen-bond donors (Lipinski definition) is 1. The van der Waals surface area contributed by atoms with Crippen LogP contribution in [0.25, 0.3) is 0 Å². The SMILES string of the molecule is CCNC(=NCc1nnc(C)n1C)N1CCC(Cc2cnn(C)c2)C1. The zero-order valence-electron chi connectivity index (χ0n) is 15.6. The van der Waals surface area contributed by atoms with Gasteiger partial charge in [-0.1, -0.05) is 0 Å². The first kappa shape index (κ1) is 17.4. The summed E-state index contributed by atoms with van der Waals surface area (Å²) in [5.41, 5.74) is 1.31. The number of hydrogen-bond acceptors (Lipinski definition) is 4. The molecule has 136 valence electrons. The molecular formula is C17H28N8. The van der Waals surface area contributed by atoms with E-state index in [1.54, 1.807) is 0 Å². The summed E-state index contributed by atoms with van der Waals surface area (Å²) in [6.07, 6.45) is 6.34. The Kier molecular flexibility index (Phi) is 5.35. The van der Waals surface area contributed by atoms with E-state index < -0.39 is 0 Å². The smallest absolute Gasteiger partial charge is 0.194 e. The highest BCUT2D eigenvalue weighted by molar-refractivity contribution is 5.80. The van der Waals surface area contributed by atoms with Crippen LogP contribution in [0, 0.1) is 12.8 Å². The van der Waals surface area contributed by atoms with Crippen molar-refractivity contribution in [3.8, 4) is 0 Å². The number of nitrogens with zero attached hydrogens (tertiary/aromatic N) is 7. The maximum absolute atomic E-state index is 4.78. The average Bonchev–Trinajstić information content (AvgIpc) is 3.29. The molecule has 0 bridgehead atoms. The van der Waals surface area contributed by atoms with Gasteiger partial charge in [0, 0.05) is 39.9 Å². The van der Waals surface area contributed by atoms with Gasteiger partial charge in [-0.05, 0) is 38.2 Å². The monoisotopic (exact) mass is 344 g/mol. The Morgan fingerprint density at radius 1 is 1.36 bits per heavy atom. The first-order valence-corrected chi connectivity index (χ1v) is 8.92. The molecule has 0 amide bonds. The second-order valence-electron chi connectivity index (χ2n) is 6.72. The van der Waals surface area contributed by atoms with Gasteiger partial charge < -0.3 is 14.8 Å². The highest BCUT2D eigenvalue weighted by Gasteiger charge is 2.25. The largest absolute Gasteiger partial charge is 0.357 e. The molecule has 3 heterocycles. The summed E-state index contributed by atoms with van der Waals surface area (Å²) >= 11 is 0. The predicted octanol–water partition coefficient (Wildman–Crippen LogP) is 0.887. The summed E-state index contributed by atoms with van der Waals surface area (Å²) in [7, 11) is 3.95. The van der Waals surface area contributed by atoms with Crippen LogP contribution in [0.1, 0.15) is 30.6 Å². The second kappa shape index (κ2) is 7.67. The van der Waals surface area contributed by atoms with Crippen molar-refractivity contribution < 1.29 is 0 Å². The fraction of sp³-hybridized carbons (Fsp3) is 0.647. The Bertz CT molecular complexity index is 729. The van der Waals surface area contributed by atoms with Crippen LogP contribution in [0.15, 0.2) is 17.4 Å². The first-order chi connectivity index (χ1) is 12.1. The molecule has 1 saturated heterocycles. The lowest BCUT2D eigenvalue weighted by molar-refractivity contribution is 0.459. The lowest BCUT2D eigenvalue weighted by Crippen LogP contribution is -2.40. The van der Waals surface area contributed by atoms with Gasteiger partial charge in [0.05, 0.1) is 6.20 Å². The Morgan fingerprint density at radius 2 is 2.20 bits per heavy atom. The molecule has 1 unspecified atom stereocenters. The Hall–Kier alpha value is -2.38. The minimum absolute atomic E-state index is 0.545. The van der Waals surface area contributed by atoms with Crippen LogP contribution in [0.5, 0.6) is 0 Å². The molecule has 0 aromatic carbocycles. The van der Waals surface area contributed by atoms with E-state index >= 15 is 0 Å². The number of guanidine groups is 1. The maximum atomic E-state index is 4.78. The molecule has 1 fully saturated rings. The molecule has 25 heavy (non-hydrogen) atoms. The summed E-state index contributed by atoms with van der Waals surface area (Å²) in [4.78, 5) is 7.13. The van der Waals surface area contributed by atoms with E-state index in [0.717, 1.165) is 43.7 Å². The highest BCUT2D eigenvalue weighted by Crippen LogP contribution is 2.20. The number of rotatable bonds is 5. The summed E-state index contributed by atoms with van der Waals surface area (Å²) in [5, 5.41) is 16.0. The van der Waals surface area contributed by atoms with Crippen molar-refractivity contribution in [3.05, 3.63) is 29.6 Å². The molecule has 1 atom stereocenters. The number of nitrogens with one attached hydrogen (secondary N) is 1. The van der Waals surface area contributed by atoms with Crippen LogP contribution >= 0.6 is 0 Å². The molecule has 3 rings (SSSR count). The molecule has 0 radical (unpaired) electrons. The van der Waals surface area contributed by atoms with Gasteiger partial charge in [0.25, 0.3) is 0 Å². The number of likely N-dealkylation sites (tertiary alicyclic amines) is 1. The second-order valence-corrected chi connectivity index (χ2v) is 6.72. The van der Waals surface area contributed by atoms with E-state index in [9.17, 15) is 0 Å². The summed E-state index contributed by atoms with van der Waals surface area (Å²) in [6.45, 7) is 7.52. The fourth-order valence-electron chi connectivity index (χ4n) is 3.26. The summed E-state index contributed by atoms with van der Waals surface area (Å²) in [6, 6.07) is 0. The molecule has 1 aliphatic rings. The Labute approximate surface area is 149 Å². The molecule has 8 heteroatoms. The van der Waals surface area contributed by atoms with Gasteiger partial charge in [-0.25, -0.2) is 4.99 Å². The van der Waals surface area contributed by atoms with Gasteiger partial charge in [0.2, 0.25) is 0 Å². The van der Waals surface area contributed by atoms with Crippen molar-refractivity contribution in [1.82, 2.24) is 34.8 Å². The Morgan fingerprint density at radius 3 is 2.84 bits per heavy atom. The van der Waals surface area contributed by atoms with Crippen molar-refractivity contribution >= 4 is 5.96 Å². The van der Waals surface area contributed by atoms with Crippen molar-refractivity contribution in [1.29, 1.82) is 0 Å². The minimum atomic E-state index is 0.545. The van der Waals surface area contributed by atoms with Crippen LogP contribution in [-0.2, 0) is 27.1 Å². The standard InChI is InChI=1S/C17H28N8/c1-5-18-17(19-10-16-22-21-13(2)24(16)4)25-7-6-14(12-25)8-15-9-20-23(3)11-15/h9,11,14H,5-8,10,12H2,1-4H3,(H,18,19). The molecule has 1 aliphatic heterocycles. The quantitative estimate of drug-likeness (QED) is 0.644. The summed E-state index contributed by atoms with van der Waals surface area (Å²) in [5.74, 6) is 3.41. The van der Waals surface area contributed by atoms with E-state index in [-0.39, 0.29) is 0 Å². The predicted molar refractivity (Wildman–Crippen MR) is 97.1 cm³/mol. The molecule has 1 N–H and O–H groups in total. The van der Waals surface area contributed by atoms with Crippen LogP contribution < -0.4 is 5.32 Å². The summed E-state index contributed by atoms with van der Waals surface area (Å²) < 4.78 is 3.86. The number of aromatic nitrogens is 5. The van der Waals surface area contributed by atoms with E-state index in [4.69, 9.17) is 4.99 Å². The molecular weight excluding hydrogens is 316 g/mol. The van der Waals surface area contributed by atoms with Gasteiger partial charge in [-0.15, -0.1) is 10.2 Å². The van der Waals surface area contributed by atoms with E-state index in [1.165, 1.54) is 12.0 Å². The average molecular weight is 344 g/mol. The fourth-order valence-corrected chi connectivity index (χ4v) is 3.26. The third kappa shape index (κ3) is 4.18. The highest BCUT2D eigenvalue weighted by atomic mass is 15.3. The third-order valence-electron chi connectivity index (χ3n) is 4.76. The van der Waals surface area contributed by atoms with Crippen LogP contribution in [0.2, 0.25) is 0 Å². The van der Waals surface area contributed by atoms with Crippen LogP contribution in [-0.4, -0.2) is 55.0 Å². The molecule has 2 aromatic heterocycles. The topological polar surface area (TPSA) is 76.2 Å². The zero-order valence-corrected chi connectivity index (χ0v) is 15.6. The molecule has 8 nitrogen and oxygen atoms in total. The Balaban J connectivity index is 1.62. The van der Waals surface area contributed by atoms with Crippen LogP contribution in [0.4, 0.5) is 0 Å². The van der Waals surface area contributed by atoms with Gasteiger partial charge >= 0.3 is 0 Å². The number of aryl methyl sites for hydroxylation is 2. The van der Waals surface area contributed by atoms with Gasteiger partial charge in [0.15, 0.2) is 11.8 Å². The van der Waals surface area contributed by atoms with Gasteiger partial charge in [-0.2, -0.15) is 5.10 Å². The van der Waals surface area contributed by atoms with Crippen molar-refractivity contribution in [3.63, 3.8) is 0 Å². The van der Waals surface area contributed by atoms with Crippen molar-refractivity contribution in [2.24, 2.45) is 25.0 Å². The van der Waals surface area contributed by atoms with Crippen molar-refractivity contribution in [2.75, 3.05) is 19.6 Å². The first-order valence-electron chi connectivity index (χ1n) is 8.92. The minimum Gasteiger partial charge on any atom is -0.357 e. The molecule has 0 aliphatic carbocycles.